The fourth-order valence-electron chi connectivity index (χ4n) is 3.22. The van der Waals surface area contributed by atoms with Crippen molar-refractivity contribution in [2.24, 2.45) is 0 Å². The van der Waals surface area contributed by atoms with E-state index in [0.717, 1.165) is 39.2 Å². The van der Waals surface area contributed by atoms with Crippen LogP contribution in [0.5, 0.6) is 5.75 Å². The molecule has 1 heterocycles. The second-order valence-corrected chi connectivity index (χ2v) is 7.62. The Bertz CT molecular complexity index is 1190. The van der Waals surface area contributed by atoms with Crippen LogP contribution in [0.1, 0.15) is 22.5 Å². The van der Waals surface area contributed by atoms with Gasteiger partial charge in [-0.05, 0) is 47.9 Å². The minimum absolute atomic E-state index is 0.847. The summed E-state index contributed by atoms with van der Waals surface area (Å²) >= 11 is 0. The van der Waals surface area contributed by atoms with Crippen molar-refractivity contribution in [2.75, 3.05) is 7.11 Å². The third kappa shape index (κ3) is 6.62. The van der Waals surface area contributed by atoms with Crippen LogP contribution in [0.15, 0.2) is 89.3 Å². The minimum Gasteiger partial charge on any atom is -0.497 e. The topological polar surface area (TPSA) is 113 Å². The number of hydrogen-bond acceptors (Lipinski definition) is 5. The zero-order chi connectivity index (χ0) is 23.1. The molecule has 0 saturated carbocycles. The van der Waals surface area contributed by atoms with Gasteiger partial charge in [0.15, 0.2) is 0 Å². The summed E-state index contributed by atoms with van der Waals surface area (Å²) in [6.07, 6.45) is 2.15. The predicted octanol–water partition coefficient (Wildman–Crippen LogP) is 1.86. The number of methoxy groups -OCH3 is 1. The van der Waals surface area contributed by atoms with Gasteiger partial charge in [0.05, 0.1) is 18.1 Å². The predicted molar refractivity (Wildman–Crippen MR) is 112 cm³/mol. The molecule has 0 fully saturated rings. The van der Waals surface area contributed by atoms with Crippen LogP contribution in [-0.4, -0.2) is 7.11 Å². The van der Waals surface area contributed by atoms with E-state index >= 15 is 0 Å². The van der Waals surface area contributed by atoms with Crippen molar-refractivity contribution in [3.8, 4) is 5.75 Å². The van der Waals surface area contributed by atoms with Gasteiger partial charge in [0.1, 0.15) is 5.75 Å². The Balaban J connectivity index is 0.000000523. The van der Waals surface area contributed by atoms with Gasteiger partial charge in [0, 0.05) is 12.1 Å². The molecule has 1 aromatic heterocycles. The lowest BCUT2D eigenvalue weighted by Gasteiger charge is -2.17. The monoisotopic (exact) mass is 452 g/mol. The SMILES string of the molecule is COc1ccc(C=C(c2ccccc2)c2cc(C)c3ccccc3[o+]2)cc1.[O-][Cl+3]([O-])([O-])[O-]. The molecule has 0 unspecified atom stereocenters. The van der Waals surface area contributed by atoms with Gasteiger partial charge in [0.2, 0.25) is 0 Å². The fourth-order valence-corrected chi connectivity index (χ4v) is 3.22. The van der Waals surface area contributed by atoms with Crippen molar-refractivity contribution in [3.63, 3.8) is 0 Å². The van der Waals surface area contributed by atoms with Gasteiger partial charge in [-0.15, -0.1) is 10.2 Å². The molecule has 0 radical (unpaired) electrons. The molecular weight excluding hydrogens is 432 g/mol. The summed E-state index contributed by atoms with van der Waals surface area (Å²) in [6, 6.07) is 28.6. The van der Waals surface area contributed by atoms with Crippen LogP contribution in [0.25, 0.3) is 22.6 Å². The molecule has 32 heavy (non-hydrogen) atoms. The fraction of sp³-hybridized carbons (Fsp3) is 0.0800. The molecule has 0 aliphatic rings. The molecule has 0 aliphatic heterocycles. The van der Waals surface area contributed by atoms with E-state index in [2.05, 4.69) is 49.4 Å². The number of ether oxygens (including phenoxy) is 1. The largest absolute Gasteiger partial charge is 0.497 e. The zero-order valence-corrected chi connectivity index (χ0v) is 18.2. The molecule has 0 saturated heterocycles. The Morgan fingerprint density at radius 2 is 1.44 bits per heavy atom. The summed E-state index contributed by atoms with van der Waals surface area (Å²) in [5.41, 5.74) is 5.35. The van der Waals surface area contributed by atoms with E-state index in [-0.39, 0.29) is 0 Å². The molecule has 3 aromatic carbocycles. The van der Waals surface area contributed by atoms with E-state index in [4.69, 9.17) is 27.8 Å². The maximum absolute atomic E-state index is 8.49. The van der Waals surface area contributed by atoms with Gasteiger partial charge in [-0.3, -0.25) is 0 Å². The standard InChI is InChI=1S/C25H21O2.ClHO4/c1-18-16-25(27-24-11-7-6-10-22(18)24)23(20-8-4-3-5-9-20)17-19-12-14-21(26-2)15-13-19;2-1(3,4)5/h3-17H,1-2H3;(H,2,3,4,5)/q+1;/p-1. The Kier molecular flexibility index (Phi) is 7.58. The van der Waals surface area contributed by atoms with Gasteiger partial charge in [-0.2, -0.15) is 0 Å². The second-order valence-electron chi connectivity index (χ2n) is 6.86. The lowest BCUT2D eigenvalue weighted by Crippen LogP contribution is -2.68. The van der Waals surface area contributed by atoms with E-state index in [1.807, 2.05) is 48.5 Å². The second kappa shape index (κ2) is 10.4. The van der Waals surface area contributed by atoms with Crippen molar-refractivity contribution in [3.05, 3.63) is 107 Å². The molecular formula is C25H21ClO6. The van der Waals surface area contributed by atoms with Crippen LogP contribution in [0.4, 0.5) is 0 Å². The summed E-state index contributed by atoms with van der Waals surface area (Å²) in [7, 11) is -3.27. The highest BCUT2D eigenvalue weighted by atomic mass is 35.7. The maximum atomic E-state index is 8.49. The average Bonchev–Trinajstić information content (AvgIpc) is 2.77. The lowest BCUT2D eigenvalue weighted by molar-refractivity contribution is -2.00. The number of aryl methyl sites for hydroxylation is 1. The van der Waals surface area contributed by atoms with Crippen LogP contribution in [-0.2, 0) is 0 Å². The van der Waals surface area contributed by atoms with E-state index in [1.54, 1.807) is 7.11 Å². The Morgan fingerprint density at radius 1 is 0.844 bits per heavy atom. The first-order chi connectivity index (χ1) is 15.2. The molecule has 0 amide bonds. The molecule has 0 N–H and O–H groups in total. The third-order valence-electron chi connectivity index (χ3n) is 4.66. The van der Waals surface area contributed by atoms with Crippen molar-refractivity contribution in [2.45, 2.75) is 6.92 Å². The van der Waals surface area contributed by atoms with E-state index < -0.39 is 10.2 Å². The summed E-state index contributed by atoms with van der Waals surface area (Å²) in [5, 5.41) is 1.14. The highest BCUT2D eigenvalue weighted by Gasteiger charge is 2.20. The summed E-state index contributed by atoms with van der Waals surface area (Å²) in [6.45, 7) is 2.12. The first-order valence-corrected chi connectivity index (χ1v) is 10.8. The summed E-state index contributed by atoms with van der Waals surface area (Å²) in [4.78, 5) is 0. The quantitative estimate of drug-likeness (QED) is 0.345. The van der Waals surface area contributed by atoms with E-state index in [1.165, 1.54) is 5.56 Å². The molecule has 7 heteroatoms. The van der Waals surface area contributed by atoms with Crippen LogP contribution >= 0.6 is 0 Å². The molecule has 4 aromatic rings. The van der Waals surface area contributed by atoms with E-state index in [9.17, 15) is 0 Å². The first-order valence-electron chi connectivity index (χ1n) is 9.60. The van der Waals surface area contributed by atoms with Gasteiger partial charge in [0.25, 0.3) is 0 Å². The smallest absolute Gasteiger partial charge is 0.361 e. The van der Waals surface area contributed by atoms with Crippen molar-refractivity contribution in [1.82, 2.24) is 0 Å². The number of fused-ring (bicyclic) bond motifs is 1. The van der Waals surface area contributed by atoms with Crippen molar-refractivity contribution in [1.29, 1.82) is 0 Å². The van der Waals surface area contributed by atoms with Crippen LogP contribution in [0, 0.1) is 17.2 Å². The molecule has 164 valence electrons. The Labute approximate surface area is 188 Å². The van der Waals surface area contributed by atoms with Gasteiger partial charge in [-0.1, -0.05) is 54.6 Å². The highest BCUT2D eigenvalue weighted by Crippen LogP contribution is 2.31. The molecule has 4 rings (SSSR count). The summed E-state index contributed by atoms with van der Waals surface area (Å²) in [5.74, 6) is 1.70. The normalized spacial score (nSPS) is 11.6. The van der Waals surface area contributed by atoms with Crippen LogP contribution in [0.2, 0.25) is 0 Å². The number of halogens is 1. The Hall–Kier alpha value is -3.26. The van der Waals surface area contributed by atoms with Crippen LogP contribution < -0.4 is 23.4 Å². The lowest BCUT2D eigenvalue weighted by atomic mass is 9.98. The van der Waals surface area contributed by atoms with Crippen molar-refractivity contribution >= 4 is 22.6 Å². The molecule has 6 nitrogen and oxygen atoms in total. The van der Waals surface area contributed by atoms with Gasteiger partial charge < -0.3 is 4.74 Å². The molecule has 0 bridgehead atoms. The first kappa shape index (κ1) is 23.4. The number of rotatable bonds is 4. The number of hydrogen-bond donors (Lipinski definition) is 0. The molecule has 0 aliphatic carbocycles. The molecule has 0 atom stereocenters. The minimum atomic E-state index is -4.94. The zero-order valence-electron chi connectivity index (χ0n) is 17.5. The highest BCUT2D eigenvalue weighted by molar-refractivity contribution is 5.91. The Morgan fingerprint density at radius 3 is 2.06 bits per heavy atom. The van der Waals surface area contributed by atoms with Crippen LogP contribution in [0.3, 0.4) is 0 Å². The van der Waals surface area contributed by atoms with Crippen molar-refractivity contribution < 1.29 is 38.0 Å². The summed E-state index contributed by atoms with van der Waals surface area (Å²) < 4.78 is 45.5. The maximum Gasteiger partial charge on any atom is 0.361 e. The van der Waals surface area contributed by atoms with Gasteiger partial charge in [-0.25, -0.2) is 23.1 Å². The average molecular weight is 453 g/mol. The number of benzene rings is 3. The number of para-hydroxylation sites is 1. The van der Waals surface area contributed by atoms with Gasteiger partial charge >= 0.3 is 11.3 Å². The van der Waals surface area contributed by atoms with E-state index in [0.29, 0.717) is 0 Å². The molecule has 0 spiro atoms. The third-order valence-corrected chi connectivity index (χ3v) is 4.66.